The monoisotopic (exact) mass is 347 g/mol. The van der Waals surface area contributed by atoms with Crippen molar-refractivity contribution in [2.24, 2.45) is 0 Å². The van der Waals surface area contributed by atoms with Gasteiger partial charge in [-0.2, -0.15) is 0 Å². The predicted octanol–water partition coefficient (Wildman–Crippen LogP) is 4.63. The van der Waals surface area contributed by atoms with Crippen molar-refractivity contribution < 1.29 is 4.79 Å². The van der Waals surface area contributed by atoms with Crippen LogP contribution in [0.1, 0.15) is 48.6 Å². The summed E-state index contributed by atoms with van der Waals surface area (Å²) in [6, 6.07) is 8.20. The smallest absolute Gasteiger partial charge is 0.236 e. The van der Waals surface area contributed by atoms with Gasteiger partial charge in [-0.05, 0) is 31.9 Å². The summed E-state index contributed by atoms with van der Waals surface area (Å²) in [5, 5.41) is 13.0. The Morgan fingerprint density at radius 3 is 2.70 bits per heavy atom. The van der Waals surface area contributed by atoms with Gasteiger partial charge < -0.3 is 0 Å². The van der Waals surface area contributed by atoms with Gasteiger partial charge in [-0.25, -0.2) is 0 Å². The quantitative estimate of drug-likeness (QED) is 0.802. The summed E-state index contributed by atoms with van der Waals surface area (Å²) in [5.41, 5.74) is 1.22. The Bertz CT molecular complexity index is 648. The van der Waals surface area contributed by atoms with Crippen molar-refractivity contribution >= 4 is 34.1 Å². The molecule has 1 fully saturated rings. The molecule has 1 aromatic heterocycles. The fraction of sp³-hybridized carbons (Fsp3) is 0.471. The van der Waals surface area contributed by atoms with E-state index in [1.54, 1.807) is 0 Å². The first-order valence-corrected chi connectivity index (χ1v) is 9.83. The first-order chi connectivity index (χ1) is 11.2. The molecule has 0 spiro atoms. The molecule has 3 rings (SSSR count). The Morgan fingerprint density at radius 1 is 1.22 bits per heavy atom. The van der Waals surface area contributed by atoms with Crippen LogP contribution in [0.2, 0.25) is 0 Å². The number of aromatic nitrogens is 2. The number of rotatable bonds is 5. The minimum absolute atomic E-state index is 0.0260. The third-order valence-electron chi connectivity index (χ3n) is 4.03. The average Bonchev–Trinajstić information content (AvgIpc) is 3.04. The Kier molecular flexibility index (Phi) is 5.67. The third-order valence-corrected chi connectivity index (χ3v) is 6.05. The van der Waals surface area contributed by atoms with E-state index < -0.39 is 0 Å². The number of aryl methyl sites for hydroxylation is 1. The minimum atomic E-state index is -0.0260. The number of anilines is 1. The van der Waals surface area contributed by atoms with Crippen molar-refractivity contribution in [2.45, 2.75) is 49.8 Å². The van der Waals surface area contributed by atoms with E-state index in [2.05, 4.69) is 34.6 Å². The third kappa shape index (κ3) is 4.78. The van der Waals surface area contributed by atoms with Crippen molar-refractivity contribution in [1.82, 2.24) is 10.2 Å². The number of carbonyl (C=O) groups is 1. The normalized spacial score (nSPS) is 15.5. The lowest BCUT2D eigenvalue weighted by atomic mass is 9.90. The Hall–Kier alpha value is -1.40. The van der Waals surface area contributed by atoms with Crippen molar-refractivity contribution in [3.63, 3.8) is 0 Å². The van der Waals surface area contributed by atoms with E-state index in [-0.39, 0.29) is 5.91 Å². The summed E-state index contributed by atoms with van der Waals surface area (Å²) < 4.78 is 0. The number of benzene rings is 1. The Morgan fingerprint density at radius 2 is 1.96 bits per heavy atom. The van der Waals surface area contributed by atoms with E-state index in [1.807, 2.05) is 12.1 Å². The first-order valence-electron chi connectivity index (χ1n) is 8.03. The second kappa shape index (κ2) is 7.93. The van der Waals surface area contributed by atoms with Crippen LogP contribution in [0.4, 0.5) is 5.13 Å². The van der Waals surface area contributed by atoms with Gasteiger partial charge in [-0.3, -0.25) is 10.1 Å². The lowest BCUT2D eigenvalue weighted by Gasteiger charge is -2.18. The van der Waals surface area contributed by atoms with Gasteiger partial charge in [0.05, 0.1) is 5.75 Å². The molecule has 0 aliphatic heterocycles. The fourth-order valence-electron chi connectivity index (χ4n) is 2.74. The van der Waals surface area contributed by atoms with Gasteiger partial charge in [0.15, 0.2) is 0 Å². The largest absolute Gasteiger partial charge is 0.300 e. The number of hydrogen-bond acceptors (Lipinski definition) is 5. The number of thioether (sulfide) groups is 1. The molecule has 1 aromatic carbocycles. The molecule has 4 nitrogen and oxygen atoms in total. The Labute approximate surface area is 145 Å². The van der Waals surface area contributed by atoms with Crippen LogP contribution in [0.5, 0.6) is 0 Å². The molecule has 0 atom stereocenters. The van der Waals surface area contributed by atoms with Gasteiger partial charge in [-0.15, -0.1) is 22.0 Å². The van der Waals surface area contributed by atoms with E-state index in [0.717, 1.165) is 9.90 Å². The topological polar surface area (TPSA) is 54.9 Å². The molecule has 0 radical (unpaired) electrons. The minimum Gasteiger partial charge on any atom is -0.300 e. The molecular weight excluding hydrogens is 326 g/mol. The fourth-order valence-corrected chi connectivity index (χ4v) is 4.37. The first kappa shape index (κ1) is 16.5. The van der Waals surface area contributed by atoms with Crippen LogP contribution in [0.15, 0.2) is 29.2 Å². The van der Waals surface area contributed by atoms with Crippen molar-refractivity contribution in [1.29, 1.82) is 0 Å². The average molecular weight is 348 g/mol. The number of nitrogens with one attached hydrogen (secondary N) is 1. The van der Waals surface area contributed by atoms with Gasteiger partial charge in [0, 0.05) is 10.8 Å². The van der Waals surface area contributed by atoms with Crippen molar-refractivity contribution in [3.05, 3.63) is 34.8 Å². The SMILES string of the molecule is Cc1ccc(SCC(=O)Nc2nnc(C3CCCCC3)s2)cc1. The van der Waals surface area contributed by atoms with Gasteiger partial charge in [0.25, 0.3) is 0 Å². The molecule has 2 aromatic rings. The molecular formula is C17H21N3OS2. The predicted molar refractivity (Wildman–Crippen MR) is 96.3 cm³/mol. The van der Waals surface area contributed by atoms with E-state index >= 15 is 0 Å². The summed E-state index contributed by atoms with van der Waals surface area (Å²) in [7, 11) is 0. The van der Waals surface area contributed by atoms with Crippen LogP contribution >= 0.6 is 23.1 Å². The molecule has 122 valence electrons. The van der Waals surface area contributed by atoms with Crippen LogP contribution in [0, 0.1) is 6.92 Å². The van der Waals surface area contributed by atoms with Crippen LogP contribution in [0.25, 0.3) is 0 Å². The highest BCUT2D eigenvalue weighted by atomic mass is 32.2. The number of hydrogen-bond donors (Lipinski definition) is 1. The number of nitrogens with zero attached hydrogens (tertiary/aromatic N) is 2. The molecule has 0 bridgehead atoms. The zero-order chi connectivity index (χ0) is 16.1. The lowest BCUT2D eigenvalue weighted by Crippen LogP contribution is -2.13. The molecule has 1 heterocycles. The van der Waals surface area contributed by atoms with E-state index in [9.17, 15) is 4.79 Å². The maximum Gasteiger partial charge on any atom is 0.236 e. The molecule has 1 aliphatic rings. The summed E-state index contributed by atoms with van der Waals surface area (Å²) in [6.07, 6.45) is 6.28. The molecule has 23 heavy (non-hydrogen) atoms. The highest BCUT2D eigenvalue weighted by molar-refractivity contribution is 8.00. The molecule has 1 saturated carbocycles. The summed E-state index contributed by atoms with van der Waals surface area (Å²) in [4.78, 5) is 13.1. The van der Waals surface area contributed by atoms with E-state index in [1.165, 1.54) is 60.8 Å². The van der Waals surface area contributed by atoms with Crippen LogP contribution in [-0.4, -0.2) is 21.9 Å². The van der Waals surface area contributed by atoms with Crippen LogP contribution in [0.3, 0.4) is 0 Å². The maximum absolute atomic E-state index is 12.0. The van der Waals surface area contributed by atoms with E-state index in [4.69, 9.17) is 0 Å². The zero-order valence-corrected chi connectivity index (χ0v) is 14.9. The van der Waals surface area contributed by atoms with Gasteiger partial charge in [-0.1, -0.05) is 48.3 Å². The standard InChI is InChI=1S/C17H21N3OS2/c1-12-7-9-14(10-8-12)22-11-15(21)18-17-20-19-16(23-17)13-5-3-2-4-6-13/h7-10,13H,2-6,11H2,1H3,(H,18,20,21). The number of carbonyl (C=O) groups excluding carboxylic acids is 1. The highest BCUT2D eigenvalue weighted by Crippen LogP contribution is 2.35. The summed E-state index contributed by atoms with van der Waals surface area (Å²) in [5.74, 6) is 0.900. The zero-order valence-electron chi connectivity index (χ0n) is 13.2. The molecule has 0 unspecified atom stereocenters. The van der Waals surface area contributed by atoms with Crippen LogP contribution < -0.4 is 5.32 Å². The van der Waals surface area contributed by atoms with Gasteiger partial charge in [0.1, 0.15) is 5.01 Å². The van der Waals surface area contributed by atoms with E-state index in [0.29, 0.717) is 16.8 Å². The second-order valence-electron chi connectivity index (χ2n) is 5.93. The van der Waals surface area contributed by atoms with Crippen molar-refractivity contribution in [3.8, 4) is 0 Å². The summed E-state index contributed by atoms with van der Waals surface area (Å²) >= 11 is 3.06. The van der Waals surface area contributed by atoms with Gasteiger partial charge in [0.2, 0.25) is 11.0 Å². The number of amides is 1. The van der Waals surface area contributed by atoms with Crippen LogP contribution in [-0.2, 0) is 4.79 Å². The van der Waals surface area contributed by atoms with Crippen molar-refractivity contribution in [2.75, 3.05) is 11.1 Å². The lowest BCUT2D eigenvalue weighted by molar-refractivity contribution is -0.113. The second-order valence-corrected chi connectivity index (χ2v) is 7.99. The molecule has 1 N–H and O–H groups in total. The molecule has 0 saturated heterocycles. The maximum atomic E-state index is 12.0. The highest BCUT2D eigenvalue weighted by Gasteiger charge is 2.20. The van der Waals surface area contributed by atoms with Gasteiger partial charge >= 0.3 is 0 Å². The molecule has 1 aliphatic carbocycles. The summed E-state index contributed by atoms with van der Waals surface area (Å²) in [6.45, 7) is 2.06. The Balaban J connectivity index is 1.49. The molecule has 1 amide bonds. The molecule has 6 heteroatoms.